The second-order valence-corrected chi connectivity index (χ2v) is 5.82. The van der Waals surface area contributed by atoms with Crippen molar-refractivity contribution in [2.24, 2.45) is 5.14 Å². The zero-order chi connectivity index (χ0) is 10.3. The summed E-state index contributed by atoms with van der Waals surface area (Å²) in [6.45, 7) is 2.65. The van der Waals surface area contributed by atoms with Crippen LogP contribution in [0.3, 0.4) is 0 Å². The summed E-state index contributed by atoms with van der Waals surface area (Å²) in [5.41, 5.74) is 0. The lowest BCUT2D eigenvalue weighted by molar-refractivity contribution is 0.542. The van der Waals surface area contributed by atoms with Gasteiger partial charge in [-0.2, -0.15) is 4.37 Å². The molecule has 0 radical (unpaired) electrons. The van der Waals surface area contributed by atoms with E-state index in [0.717, 1.165) is 5.13 Å². The first-order valence-corrected chi connectivity index (χ1v) is 6.42. The minimum atomic E-state index is -3.39. The molecule has 8 heteroatoms. The summed E-state index contributed by atoms with van der Waals surface area (Å²) in [5.74, 6) is 0.712. The molecule has 1 aliphatic heterocycles. The third-order valence-electron chi connectivity index (χ3n) is 2.10. The van der Waals surface area contributed by atoms with Gasteiger partial charge in [-0.1, -0.05) is 0 Å². The molecule has 1 aromatic heterocycles. The van der Waals surface area contributed by atoms with Crippen molar-refractivity contribution in [2.45, 2.75) is 12.2 Å². The minimum Gasteiger partial charge on any atom is -0.344 e. The fourth-order valence-electron chi connectivity index (χ4n) is 1.22. The molecule has 2 heterocycles. The molecule has 0 unspecified atom stereocenters. The van der Waals surface area contributed by atoms with Crippen molar-refractivity contribution in [2.75, 3.05) is 18.0 Å². The first-order valence-electron chi connectivity index (χ1n) is 4.03. The van der Waals surface area contributed by atoms with Gasteiger partial charge in [0.25, 0.3) is 0 Å². The standard InChI is InChI=1S/C6H10N4O2S2/c1-4-8-6(13-9-4)10-2-5(3-10)14(7,11)12/h5H,2-3H2,1H3,(H2,7,11,12). The summed E-state index contributed by atoms with van der Waals surface area (Å²) in [4.78, 5) is 6.01. The third kappa shape index (κ3) is 1.72. The lowest BCUT2D eigenvalue weighted by Gasteiger charge is -2.36. The molecule has 2 N–H and O–H groups in total. The normalized spacial score (nSPS) is 18.3. The number of aromatic nitrogens is 2. The molecule has 14 heavy (non-hydrogen) atoms. The molecular weight excluding hydrogens is 224 g/mol. The van der Waals surface area contributed by atoms with E-state index in [1.165, 1.54) is 11.5 Å². The maximum atomic E-state index is 10.9. The molecule has 0 bridgehead atoms. The SMILES string of the molecule is Cc1nsc(N2CC(S(N)(=O)=O)C2)n1. The van der Waals surface area contributed by atoms with Crippen molar-refractivity contribution >= 4 is 26.7 Å². The topological polar surface area (TPSA) is 89.2 Å². The van der Waals surface area contributed by atoms with Gasteiger partial charge in [-0.15, -0.1) is 0 Å². The van der Waals surface area contributed by atoms with E-state index in [1.54, 1.807) is 6.92 Å². The number of aryl methyl sites for hydroxylation is 1. The second kappa shape index (κ2) is 3.14. The molecule has 0 aromatic carbocycles. The molecule has 0 spiro atoms. The van der Waals surface area contributed by atoms with Gasteiger partial charge < -0.3 is 4.90 Å². The van der Waals surface area contributed by atoms with Crippen LogP contribution in [-0.2, 0) is 10.0 Å². The molecule has 6 nitrogen and oxygen atoms in total. The average molecular weight is 234 g/mol. The number of hydrogen-bond donors (Lipinski definition) is 1. The fourth-order valence-corrected chi connectivity index (χ4v) is 2.68. The molecule has 1 fully saturated rings. The van der Waals surface area contributed by atoms with Crippen molar-refractivity contribution in [1.82, 2.24) is 9.36 Å². The molecule has 0 aliphatic carbocycles. The first kappa shape index (κ1) is 9.81. The van der Waals surface area contributed by atoms with Crippen molar-refractivity contribution in [3.05, 3.63) is 5.82 Å². The predicted octanol–water partition coefficient (Wildman–Crippen LogP) is -0.676. The van der Waals surface area contributed by atoms with E-state index in [2.05, 4.69) is 9.36 Å². The Balaban J connectivity index is 2.02. The highest BCUT2D eigenvalue weighted by molar-refractivity contribution is 7.89. The van der Waals surface area contributed by atoms with Gasteiger partial charge in [0.2, 0.25) is 15.2 Å². The van der Waals surface area contributed by atoms with E-state index < -0.39 is 15.3 Å². The highest BCUT2D eigenvalue weighted by Crippen LogP contribution is 2.24. The zero-order valence-corrected chi connectivity index (χ0v) is 9.18. The fraction of sp³-hybridized carbons (Fsp3) is 0.667. The van der Waals surface area contributed by atoms with Crippen LogP contribution in [0.5, 0.6) is 0 Å². The Bertz CT molecular complexity index is 434. The number of nitrogens with two attached hydrogens (primary N) is 1. The molecule has 1 aromatic rings. The van der Waals surface area contributed by atoms with Crippen LogP contribution in [0, 0.1) is 6.92 Å². The van der Waals surface area contributed by atoms with Crippen molar-refractivity contribution in [3.8, 4) is 0 Å². The molecular formula is C6H10N4O2S2. The van der Waals surface area contributed by atoms with Crippen molar-refractivity contribution in [1.29, 1.82) is 0 Å². The van der Waals surface area contributed by atoms with E-state index in [-0.39, 0.29) is 0 Å². The van der Waals surface area contributed by atoms with Crippen LogP contribution in [0.15, 0.2) is 0 Å². The summed E-state index contributed by atoms with van der Waals surface area (Å²) >= 11 is 1.28. The molecule has 1 saturated heterocycles. The Morgan fingerprint density at radius 3 is 2.64 bits per heavy atom. The van der Waals surface area contributed by atoms with Crippen molar-refractivity contribution < 1.29 is 8.42 Å². The summed E-state index contributed by atoms with van der Waals surface area (Å²) < 4.78 is 25.8. The van der Waals surface area contributed by atoms with Crippen LogP contribution in [-0.4, -0.2) is 36.1 Å². The maximum Gasteiger partial charge on any atom is 0.215 e. The highest BCUT2D eigenvalue weighted by atomic mass is 32.2. The Labute approximate surface area is 86.0 Å². The number of primary sulfonamides is 1. The van der Waals surface area contributed by atoms with E-state index in [9.17, 15) is 8.42 Å². The smallest absolute Gasteiger partial charge is 0.215 e. The monoisotopic (exact) mass is 234 g/mol. The number of sulfonamides is 1. The summed E-state index contributed by atoms with van der Waals surface area (Å²) in [6, 6.07) is 0. The molecule has 78 valence electrons. The number of nitrogens with zero attached hydrogens (tertiary/aromatic N) is 3. The third-order valence-corrected chi connectivity index (χ3v) is 4.20. The first-order chi connectivity index (χ1) is 6.47. The Kier molecular flexibility index (Phi) is 2.20. The van der Waals surface area contributed by atoms with Gasteiger partial charge in [0.1, 0.15) is 11.1 Å². The largest absolute Gasteiger partial charge is 0.344 e. The van der Waals surface area contributed by atoms with Crippen LogP contribution in [0.2, 0.25) is 0 Å². The van der Waals surface area contributed by atoms with Gasteiger partial charge in [-0.3, -0.25) is 0 Å². The predicted molar refractivity (Wildman–Crippen MR) is 53.8 cm³/mol. The lowest BCUT2D eigenvalue weighted by atomic mass is 10.2. The molecule has 2 rings (SSSR count). The van der Waals surface area contributed by atoms with Gasteiger partial charge in [0.15, 0.2) is 0 Å². The highest BCUT2D eigenvalue weighted by Gasteiger charge is 2.36. The Morgan fingerprint density at radius 1 is 1.57 bits per heavy atom. The van der Waals surface area contributed by atoms with Crippen LogP contribution < -0.4 is 10.0 Å². The zero-order valence-electron chi connectivity index (χ0n) is 7.54. The van der Waals surface area contributed by atoms with Crippen LogP contribution in [0.4, 0.5) is 5.13 Å². The van der Waals surface area contributed by atoms with Crippen LogP contribution in [0.1, 0.15) is 5.82 Å². The summed E-state index contributed by atoms with van der Waals surface area (Å²) in [5, 5.41) is 5.31. The maximum absolute atomic E-state index is 10.9. The molecule has 0 saturated carbocycles. The van der Waals surface area contributed by atoms with Gasteiger partial charge in [0.05, 0.1) is 0 Å². The van der Waals surface area contributed by atoms with Gasteiger partial charge in [-0.25, -0.2) is 18.5 Å². The van der Waals surface area contributed by atoms with Gasteiger partial charge >= 0.3 is 0 Å². The van der Waals surface area contributed by atoms with Gasteiger partial charge in [-0.05, 0) is 6.92 Å². The van der Waals surface area contributed by atoms with Gasteiger partial charge in [0, 0.05) is 24.6 Å². The van der Waals surface area contributed by atoms with Crippen LogP contribution >= 0.6 is 11.5 Å². The van der Waals surface area contributed by atoms with Crippen LogP contribution in [0.25, 0.3) is 0 Å². The number of anilines is 1. The van der Waals surface area contributed by atoms with E-state index in [0.29, 0.717) is 18.9 Å². The molecule has 0 atom stereocenters. The minimum absolute atomic E-state index is 0.424. The van der Waals surface area contributed by atoms with E-state index in [1.807, 2.05) is 4.90 Å². The Hall–Kier alpha value is -0.730. The Morgan fingerprint density at radius 2 is 2.21 bits per heavy atom. The summed E-state index contributed by atoms with van der Waals surface area (Å²) in [7, 11) is -3.39. The average Bonchev–Trinajstić information content (AvgIpc) is 2.28. The number of rotatable bonds is 2. The second-order valence-electron chi connectivity index (χ2n) is 3.24. The summed E-state index contributed by atoms with van der Waals surface area (Å²) in [6.07, 6.45) is 0. The van der Waals surface area contributed by atoms with Crippen molar-refractivity contribution in [3.63, 3.8) is 0 Å². The number of hydrogen-bond acceptors (Lipinski definition) is 6. The quantitative estimate of drug-likeness (QED) is 0.732. The molecule has 0 amide bonds. The molecule has 1 aliphatic rings. The lowest BCUT2D eigenvalue weighted by Crippen LogP contribution is -2.56. The van der Waals surface area contributed by atoms with E-state index in [4.69, 9.17) is 5.14 Å². The van der Waals surface area contributed by atoms with E-state index >= 15 is 0 Å².